The van der Waals surface area contributed by atoms with Gasteiger partial charge in [0.25, 0.3) is 0 Å². The fourth-order valence-electron chi connectivity index (χ4n) is 1.92. The molecule has 0 saturated heterocycles. The first-order chi connectivity index (χ1) is 7.44. The van der Waals surface area contributed by atoms with Crippen molar-refractivity contribution in [2.24, 2.45) is 0 Å². The summed E-state index contributed by atoms with van der Waals surface area (Å²) in [5, 5.41) is 3.25. The van der Waals surface area contributed by atoms with E-state index in [1.165, 1.54) is 0 Å². The molecule has 1 atom stereocenters. The number of methoxy groups -OCH3 is 1. The number of ether oxygens (including phenoxy) is 1. The van der Waals surface area contributed by atoms with E-state index in [2.05, 4.69) is 10.3 Å². The summed E-state index contributed by atoms with van der Waals surface area (Å²) in [5.74, 6) is 0.560. The smallest absolute Gasteiger partial charge is 0.128 e. The Bertz CT molecular complexity index is 343. The molecule has 1 unspecified atom stereocenters. The van der Waals surface area contributed by atoms with Gasteiger partial charge in [0.2, 0.25) is 0 Å². The highest BCUT2D eigenvalue weighted by molar-refractivity contribution is 5.47. The quantitative estimate of drug-likeness (QED) is 0.815. The van der Waals surface area contributed by atoms with Gasteiger partial charge in [-0.1, -0.05) is 0 Å². The lowest BCUT2D eigenvalue weighted by atomic mass is 9.89. The molecule has 0 aromatic carbocycles. The predicted molar refractivity (Wildman–Crippen MR) is 66.3 cm³/mol. The Kier molecular flexibility index (Phi) is 3.88. The molecular formula is C12H21N3O. The zero-order valence-electron chi connectivity index (χ0n) is 10.7. The lowest BCUT2D eigenvalue weighted by molar-refractivity contribution is -0.00903. The van der Waals surface area contributed by atoms with E-state index in [0.717, 1.165) is 11.1 Å². The molecule has 90 valence electrons. The molecule has 0 radical (unpaired) electrons. The van der Waals surface area contributed by atoms with Crippen LogP contribution in [-0.4, -0.2) is 24.7 Å². The van der Waals surface area contributed by atoms with Crippen LogP contribution in [0.1, 0.15) is 31.0 Å². The SMILES string of the molecule is CNC(c1c(C)ccnc1N)C(C)(C)OC. The van der Waals surface area contributed by atoms with Crippen molar-refractivity contribution in [3.8, 4) is 0 Å². The Morgan fingerprint density at radius 3 is 2.56 bits per heavy atom. The van der Waals surface area contributed by atoms with Crippen LogP contribution in [0, 0.1) is 6.92 Å². The van der Waals surface area contributed by atoms with Crippen molar-refractivity contribution >= 4 is 5.82 Å². The highest BCUT2D eigenvalue weighted by atomic mass is 16.5. The molecule has 0 aliphatic heterocycles. The molecule has 3 N–H and O–H groups in total. The van der Waals surface area contributed by atoms with Crippen molar-refractivity contribution < 1.29 is 4.74 Å². The van der Waals surface area contributed by atoms with Gasteiger partial charge in [0.05, 0.1) is 11.6 Å². The molecule has 4 heteroatoms. The van der Waals surface area contributed by atoms with Gasteiger partial charge in [-0.3, -0.25) is 0 Å². The average Bonchev–Trinajstić information content (AvgIpc) is 2.23. The van der Waals surface area contributed by atoms with Gasteiger partial charge < -0.3 is 15.8 Å². The monoisotopic (exact) mass is 223 g/mol. The summed E-state index contributed by atoms with van der Waals surface area (Å²) in [6, 6.07) is 1.98. The second-order valence-corrected chi connectivity index (χ2v) is 4.46. The number of nitrogen functional groups attached to an aromatic ring is 1. The number of nitrogens with two attached hydrogens (primary N) is 1. The highest BCUT2D eigenvalue weighted by Crippen LogP contribution is 2.32. The Morgan fingerprint density at radius 1 is 1.50 bits per heavy atom. The molecule has 0 amide bonds. The number of hydrogen-bond donors (Lipinski definition) is 2. The second kappa shape index (κ2) is 4.80. The van der Waals surface area contributed by atoms with Crippen molar-refractivity contribution in [1.29, 1.82) is 0 Å². The van der Waals surface area contributed by atoms with Crippen LogP contribution in [0.25, 0.3) is 0 Å². The number of nitrogens with one attached hydrogen (secondary N) is 1. The van der Waals surface area contributed by atoms with Gasteiger partial charge >= 0.3 is 0 Å². The molecule has 0 bridgehead atoms. The minimum Gasteiger partial charge on any atom is -0.383 e. The van der Waals surface area contributed by atoms with Crippen LogP contribution in [0.2, 0.25) is 0 Å². The topological polar surface area (TPSA) is 60.2 Å². The number of likely N-dealkylation sites (N-methyl/N-ethyl adjacent to an activating group) is 1. The maximum absolute atomic E-state index is 5.94. The number of anilines is 1. The number of aromatic nitrogens is 1. The van der Waals surface area contributed by atoms with Gasteiger partial charge in [-0.05, 0) is 39.4 Å². The first kappa shape index (κ1) is 12.9. The molecule has 0 spiro atoms. The Morgan fingerprint density at radius 2 is 2.12 bits per heavy atom. The first-order valence-corrected chi connectivity index (χ1v) is 5.37. The minimum absolute atomic E-state index is 0.0196. The normalized spacial score (nSPS) is 13.8. The van der Waals surface area contributed by atoms with Crippen molar-refractivity contribution in [2.45, 2.75) is 32.4 Å². The molecular weight excluding hydrogens is 202 g/mol. The fourth-order valence-corrected chi connectivity index (χ4v) is 1.92. The van der Waals surface area contributed by atoms with Crippen LogP contribution < -0.4 is 11.1 Å². The van der Waals surface area contributed by atoms with Crippen molar-refractivity contribution in [2.75, 3.05) is 19.9 Å². The third-order valence-electron chi connectivity index (χ3n) is 3.04. The van der Waals surface area contributed by atoms with Crippen molar-refractivity contribution in [3.63, 3.8) is 0 Å². The van der Waals surface area contributed by atoms with Crippen LogP contribution in [0.3, 0.4) is 0 Å². The van der Waals surface area contributed by atoms with Crippen molar-refractivity contribution in [1.82, 2.24) is 10.3 Å². The number of nitrogens with zero attached hydrogens (tertiary/aromatic N) is 1. The van der Waals surface area contributed by atoms with Crippen LogP contribution in [-0.2, 0) is 4.74 Å². The molecule has 0 saturated carbocycles. The molecule has 0 fully saturated rings. The summed E-state index contributed by atoms with van der Waals surface area (Å²) in [6.07, 6.45) is 1.72. The minimum atomic E-state index is -0.337. The summed E-state index contributed by atoms with van der Waals surface area (Å²) in [7, 11) is 3.60. The van der Waals surface area contributed by atoms with E-state index in [0.29, 0.717) is 5.82 Å². The van der Waals surface area contributed by atoms with Gasteiger partial charge in [0.15, 0.2) is 0 Å². The lowest BCUT2D eigenvalue weighted by Gasteiger charge is -2.34. The summed E-state index contributed by atoms with van der Waals surface area (Å²) in [6.45, 7) is 6.09. The highest BCUT2D eigenvalue weighted by Gasteiger charge is 2.32. The van der Waals surface area contributed by atoms with E-state index < -0.39 is 0 Å². The molecule has 4 nitrogen and oxygen atoms in total. The summed E-state index contributed by atoms with van der Waals surface area (Å²) >= 11 is 0. The lowest BCUT2D eigenvalue weighted by Crippen LogP contribution is -2.40. The summed E-state index contributed by atoms with van der Waals surface area (Å²) in [5.41, 5.74) is 7.74. The van der Waals surface area contributed by atoms with Crippen molar-refractivity contribution in [3.05, 3.63) is 23.4 Å². The van der Waals surface area contributed by atoms with Gasteiger partial charge in [-0.25, -0.2) is 4.98 Å². The van der Waals surface area contributed by atoms with Crippen LogP contribution in [0.15, 0.2) is 12.3 Å². The fraction of sp³-hybridized carbons (Fsp3) is 0.583. The third-order valence-corrected chi connectivity index (χ3v) is 3.04. The zero-order chi connectivity index (χ0) is 12.3. The molecule has 1 heterocycles. The van der Waals surface area contributed by atoms with E-state index >= 15 is 0 Å². The zero-order valence-corrected chi connectivity index (χ0v) is 10.7. The standard InChI is InChI=1S/C12H21N3O/c1-8-6-7-15-11(13)9(8)10(14-4)12(2,3)16-5/h6-7,10,14H,1-5H3,(H2,13,15). The van der Waals surface area contributed by atoms with Crippen LogP contribution in [0.5, 0.6) is 0 Å². The molecule has 0 aliphatic rings. The first-order valence-electron chi connectivity index (χ1n) is 5.37. The van der Waals surface area contributed by atoms with E-state index in [1.54, 1.807) is 13.3 Å². The second-order valence-electron chi connectivity index (χ2n) is 4.46. The Labute approximate surface area is 97.2 Å². The van der Waals surface area contributed by atoms with E-state index in [4.69, 9.17) is 10.5 Å². The molecule has 1 rings (SSSR count). The van der Waals surface area contributed by atoms with Crippen LogP contribution >= 0.6 is 0 Å². The van der Waals surface area contributed by atoms with E-state index in [-0.39, 0.29) is 11.6 Å². The van der Waals surface area contributed by atoms with Gasteiger partial charge in [-0.2, -0.15) is 0 Å². The predicted octanol–water partition coefficient (Wildman–Crippen LogP) is 1.66. The summed E-state index contributed by atoms with van der Waals surface area (Å²) in [4.78, 5) is 4.14. The van der Waals surface area contributed by atoms with Gasteiger partial charge in [0.1, 0.15) is 5.82 Å². The van der Waals surface area contributed by atoms with Gasteiger partial charge in [-0.15, -0.1) is 0 Å². The molecule has 1 aromatic rings. The molecule has 16 heavy (non-hydrogen) atoms. The molecule has 1 aromatic heterocycles. The van der Waals surface area contributed by atoms with Gasteiger partial charge in [0, 0.05) is 18.9 Å². The van der Waals surface area contributed by atoms with Crippen LogP contribution in [0.4, 0.5) is 5.82 Å². The molecule has 0 aliphatic carbocycles. The number of rotatable bonds is 4. The largest absolute Gasteiger partial charge is 0.383 e. The van der Waals surface area contributed by atoms with E-state index in [1.807, 2.05) is 33.9 Å². The maximum Gasteiger partial charge on any atom is 0.128 e. The third kappa shape index (κ3) is 2.33. The number of pyridine rings is 1. The Balaban J connectivity index is 3.24. The Hall–Kier alpha value is -1.13. The summed E-state index contributed by atoms with van der Waals surface area (Å²) < 4.78 is 5.51. The maximum atomic E-state index is 5.94. The average molecular weight is 223 g/mol. The van der Waals surface area contributed by atoms with E-state index in [9.17, 15) is 0 Å². The number of aryl methyl sites for hydroxylation is 1. The number of hydrogen-bond acceptors (Lipinski definition) is 4.